The van der Waals surface area contributed by atoms with Crippen LogP contribution in [-0.4, -0.2) is 71.0 Å². The fourth-order valence-electron chi connectivity index (χ4n) is 4.04. The quantitative estimate of drug-likeness (QED) is 0.736. The van der Waals surface area contributed by atoms with Gasteiger partial charge in [-0.15, -0.1) is 0 Å². The first-order chi connectivity index (χ1) is 13.5. The summed E-state index contributed by atoms with van der Waals surface area (Å²) in [4.78, 5) is 39.5. The summed E-state index contributed by atoms with van der Waals surface area (Å²) in [5.74, 6) is -0.806. The molecule has 1 aromatic rings. The molecule has 7 nitrogen and oxygen atoms in total. The normalized spacial score (nSPS) is 20.9. The summed E-state index contributed by atoms with van der Waals surface area (Å²) in [5.41, 5.74) is 1.15. The van der Waals surface area contributed by atoms with Crippen LogP contribution in [0, 0.1) is 0 Å². The zero-order valence-electron chi connectivity index (χ0n) is 16.2. The maximum absolute atomic E-state index is 12.5. The molecule has 152 valence electrons. The highest BCUT2D eigenvalue weighted by Crippen LogP contribution is 2.18. The molecule has 0 radical (unpaired) electrons. The largest absolute Gasteiger partial charge is 0.480 e. The number of benzene rings is 1. The number of nitrogens with one attached hydrogen (secondary N) is 1. The van der Waals surface area contributed by atoms with Crippen LogP contribution in [0.5, 0.6) is 0 Å². The Bertz CT molecular complexity index is 686. The number of carbonyl (C=O) groups is 3. The van der Waals surface area contributed by atoms with Gasteiger partial charge in [0.25, 0.3) is 0 Å². The van der Waals surface area contributed by atoms with Crippen LogP contribution in [0.3, 0.4) is 0 Å². The smallest absolute Gasteiger partial charge is 0.320 e. The Morgan fingerprint density at radius 3 is 2.43 bits per heavy atom. The first-order valence-electron chi connectivity index (χ1n) is 10.1. The molecular formula is C21H29N3O4. The summed E-state index contributed by atoms with van der Waals surface area (Å²) in [7, 11) is 0. The predicted octanol–water partition coefficient (Wildman–Crippen LogP) is 1.28. The maximum Gasteiger partial charge on any atom is 0.320 e. The van der Waals surface area contributed by atoms with Crippen molar-refractivity contribution in [2.45, 2.75) is 50.6 Å². The molecule has 1 aromatic carbocycles. The summed E-state index contributed by atoms with van der Waals surface area (Å²) in [6.45, 7) is 2.05. The van der Waals surface area contributed by atoms with Crippen molar-refractivity contribution in [1.29, 1.82) is 0 Å². The van der Waals surface area contributed by atoms with Crippen molar-refractivity contribution >= 4 is 17.8 Å². The van der Waals surface area contributed by atoms with Crippen molar-refractivity contribution in [2.24, 2.45) is 0 Å². The number of likely N-dealkylation sites (tertiary alicyclic amines) is 2. The number of rotatable bonds is 7. The van der Waals surface area contributed by atoms with Gasteiger partial charge in [0, 0.05) is 25.6 Å². The second-order valence-corrected chi connectivity index (χ2v) is 7.67. The van der Waals surface area contributed by atoms with Gasteiger partial charge in [-0.2, -0.15) is 0 Å². The lowest BCUT2D eigenvalue weighted by atomic mass is 10.0. The Morgan fingerprint density at radius 2 is 1.75 bits per heavy atom. The summed E-state index contributed by atoms with van der Waals surface area (Å²) in [6.07, 6.45) is 4.11. The minimum Gasteiger partial charge on any atom is -0.480 e. The summed E-state index contributed by atoms with van der Waals surface area (Å²) in [6, 6.07) is 9.52. The van der Waals surface area contributed by atoms with Gasteiger partial charge in [-0.1, -0.05) is 30.3 Å². The van der Waals surface area contributed by atoms with Gasteiger partial charge < -0.3 is 15.3 Å². The average molecular weight is 387 g/mol. The van der Waals surface area contributed by atoms with Crippen LogP contribution in [0.2, 0.25) is 0 Å². The van der Waals surface area contributed by atoms with E-state index in [-0.39, 0.29) is 24.4 Å². The molecule has 7 heteroatoms. The number of hydrogen-bond donors (Lipinski definition) is 2. The molecule has 2 fully saturated rings. The van der Waals surface area contributed by atoms with Gasteiger partial charge in [-0.3, -0.25) is 19.3 Å². The van der Waals surface area contributed by atoms with Crippen molar-refractivity contribution in [1.82, 2.24) is 15.1 Å². The second kappa shape index (κ2) is 9.68. The molecule has 0 saturated carbocycles. The van der Waals surface area contributed by atoms with E-state index in [0.29, 0.717) is 32.5 Å². The number of carboxylic acids is 1. The van der Waals surface area contributed by atoms with Crippen molar-refractivity contribution in [3.63, 3.8) is 0 Å². The Hall–Kier alpha value is -2.41. The molecule has 2 heterocycles. The van der Waals surface area contributed by atoms with Crippen molar-refractivity contribution in [3.05, 3.63) is 35.9 Å². The fourth-order valence-corrected chi connectivity index (χ4v) is 4.04. The molecule has 1 atom stereocenters. The number of carboxylic acid groups (broad SMARTS) is 1. The summed E-state index contributed by atoms with van der Waals surface area (Å²) < 4.78 is 0. The molecule has 28 heavy (non-hydrogen) atoms. The van der Waals surface area contributed by atoms with E-state index < -0.39 is 12.0 Å². The van der Waals surface area contributed by atoms with Crippen LogP contribution in [0.25, 0.3) is 0 Å². The van der Waals surface area contributed by atoms with Crippen molar-refractivity contribution in [3.8, 4) is 0 Å². The third-order valence-corrected chi connectivity index (χ3v) is 5.68. The first kappa shape index (κ1) is 20.3. The van der Waals surface area contributed by atoms with E-state index in [1.165, 1.54) is 0 Å². The highest BCUT2D eigenvalue weighted by atomic mass is 16.4. The van der Waals surface area contributed by atoms with Crippen LogP contribution < -0.4 is 5.32 Å². The maximum atomic E-state index is 12.5. The minimum atomic E-state index is -0.845. The van der Waals surface area contributed by atoms with Gasteiger partial charge in [-0.25, -0.2) is 0 Å². The number of aliphatic carboxylic acids is 1. The highest BCUT2D eigenvalue weighted by Gasteiger charge is 2.33. The first-order valence-corrected chi connectivity index (χ1v) is 10.1. The second-order valence-electron chi connectivity index (χ2n) is 7.67. The standard InChI is InChI=1S/C21H29N3O4/c25-19(9-8-16-5-2-1-3-6-16)22-17-10-13-23(14-11-17)20(26)15-24-12-4-7-18(24)21(27)28/h1-3,5-6,17-18H,4,7-15H2,(H,22,25)(H,27,28)/t18-/m0/s1. The number of carbonyl (C=O) groups excluding carboxylic acids is 2. The molecule has 2 N–H and O–H groups in total. The lowest BCUT2D eigenvalue weighted by molar-refractivity contribution is -0.143. The number of piperidine rings is 1. The molecule has 0 bridgehead atoms. The van der Waals surface area contributed by atoms with E-state index in [4.69, 9.17) is 0 Å². The van der Waals surface area contributed by atoms with Crippen LogP contribution in [0.4, 0.5) is 0 Å². The number of nitrogens with zero attached hydrogens (tertiary/aromatic N) is 2. The number of hydrogen-bond acceptors (Lipinski definition) is 4. The topological polar surface area (TPSA) is 90.0 Å². The Labute approximate surface area is 165 Å². The van der Waals surface area contributed by atoms with Gasteiger partial charge in [0.05, 0.1) is 6.54 Å². The van der Waals surface area contributed by atoms with E-state index >= 15 is 0 Å². The lowest BCUT2D eigenvalue weighted by Crippen LogP contribution is -2.50. The molecule has 0 unspecified atom stereocenters. The van der Waals surface area contributed by atoms with E-state index in [1.807, 2.05) is 30.3 Å². The Morgan fingerprint density at radius 1 is 1.04 bits per heavy atom. The van der Waals surface area contributed by atoms with Crippen molar-refractivity contribution in [2.75, 3.05) is 26.2 Å². The molecule has 0 spiro atoms. The van der Waals surface area contributed by atoms with E-state index in [9.17, 15) is 19.5 Å². The third kappa shape index (κ3) is 5.55. The number of aryl methyl sites for hydroxylation is 1. The summed E-state index contributed by atoms with van der Waals surface area (Å²) in [5, 5.41) is 12.3. The van der Waals surface area contributed by atoms with Gasteiger partial charge >= 0.3 is 5.97 Å². The van der Waals surface area contributed by atoms with Crippen molar-refractivity contribution < 1.29 is 19.5 Å². The molecule has 2 aliphatic heterocycles. The predicted molar refractivity (Wildman–Crippen MR) is 105 cm³/mol. The van der Waals surface area contributed by atoms with Gasteiger partial charge in [0.1, 0.15) is 6.04 Å². The monoisotopic (exact) mass is 387 g/mol. The molecule has 0 aromatic heterocycles. The molecular weight excluding hydrogens is 358 g/mol. The third-order valence-electron chi connectivity index (χ3n) is 5.68. The zero-order valence-corrected chi connectivity index (χ0v) is 16.2. The lowest BCUT2D eigenvalue weighted by Gasteiger charge is -2.34. The summed E-state index contributed by atoms with van der Waals surface area (Å²) >= 11 is 0. The van der Waals surface area contributed by atoms with Crippen LogP contribution in [0.15, 0.2) is 30.3 Å². The Kier molecular flexibility index (Phi) is 7.03. The van der Waals surface area contributed by atoms with E-state index in [1.54, 1.807) is 9.80 Å². The van der Waals surface area contributed by atoms with Crippen LogP contribution >= 0.6 is 0 Å². The number of amides is 2. The molecule has 2 aliphatic rings. The van der Waals surface area contributed by atoms with Gasteiger partial charge in [-0.05, 0) is 44.2 Å². The van der Waals surface area contributed by atoms with E-state index in [2.05, 4.69) is 5.32 Å². The van der Waals surface area contributed by atoms with Gasteiger partial charge in [0.15, 0.2) is 0 Å². The minimum absolute atomic E-state index is 0.0120. The van der Waals surface area contributed by atoms with E-state index in [0.717, 1.165) is 31.2 Å². The molecule has 2 saturated heterocycles. The van der Waals surface area contributed by atoms with Crippen LogP contribution in [0.1, 0.15) is 37.7 Å². The fraction of sp³-hybridized carbons (Fsp3) is 0.571. The van der Waals surface area contributed by atoms with Gasteiger partial charge in [0.2, 0.25) is 11.8 Å². The average Bonchev–Trinajstić information content (AvgIpc) is 3.16. The Balaban J connectivity index is 1.37. The zero-order chi connectivity index (χ0) is 19.9. The molecule has 3 rings (SSSR count). The molecule has 2 amide bonds. The molecule has 0 aliphatic carbocycles. The highest BCUT2D eigenvalue weighted by molar-refractivity contribution is 5.80. The van der Waals surface area contributed by atoms with Crippen LogP contribution in [-0.2, 0) is 20.8 Å². The SMILES string of the molecule is O=C(CCc1ccccc1)NC1CCN(C(=O)CN2CCC[C@H]2C(=O)O)CC1.